The van der Waals surface area contributed by atoms with Gasteiger partial charge in [0.25, 0.3) is 0 Å². The van der Waals surface area contributed by atoms with Gasteiger partial charge in [0.05, 0.1) is 24.2 Å². The number of hydrogen-bond acceptors (Lipinski definition) is 6. The van der Waals surface area contributed by atoms with Crippen molar-refractivity contribution >= 4 is 33.9 Å². The number of aromatic amines is 1. The number of methoxy groups -OCH3 is 1. The van der Waals surface area contributed by atoms with Crippen molar-refractivity contribution < 1.29 is 19.1 Å². The Hall–Kier alpha value is -3.91. The highest BCUT2D eigenvalue weighted by Crippen LogP contribution is 2.39. The Morgan fingerprint density at radius 2 is 1.78 bits per heavy atom. The van der Waals surface area contributed by atoms with Crippen molar-refractivity contribution in [1.29, 1.82) is 0 Å². The van der Waals surface area contributed by atoms with Crippen molar-refractivity contribution in [2.24, 2.45) is 0 Å². The van der Waals surface area contributed by atoms with E-state index in [9.17, 15) is 9.59 Å². The lowest BCUT2D eigenvalue weighted by Gasteiger charge is -2.30. The van der Waals surface area contributed by atoms with Crippen LogP contribution in [0.25, 0.3) is 6.08 Å². The molecule has 190 valence electrons. The molecule has 0 saturated heterocycles. The van der Waals surface area contributed by atoms with Crippen LogP contribution in [0.4, 0.5) is 0 Å². The van der Waals surface area contributed by atoms with Gasteiger partial charge in [-0.1, -0.05) is 58.4 Å². The molecule has 0 bridgehead atoms. The molecule has 8 heteroatoms. The molecule has 1 aliphatic heterocycles. The zero-order valence-electron chi connectivity index (χ0n) is 20.9. The maximum absolute atomic E-state index is 13.3. The molecule has 0 saturated carbocycles. The summed E-state index contributed by atoms with van der Waals surface area (Å²) in [6, 6.07) is 15.6. The Morgan fingerprint density at radius 1 is 1.05 bits per heavy atom. The molecule has 2 N–H and O–H groups in total. The maximum Gasteiger partial charge on any atom is 0.337 e. The van der Waals surface area contributed by atoms with Gasteiger partial charge in [0.1, 0.15) is 12.4 Å². The number of benzene rings is 2. The van der Waals surface area contributed by atoms with E-state index in [1.54, 1.807) is 26.1 Å². The standard InChI is InChI=1S/C29H28BrN3O4/c1-18-25(28(34)36-3)27(22-7-4-8-23(30)17-22)26(19(2)33-18)29(35)37-15-5-6-20-9-11-21(12-10-20)16-24-31-13-14-32-24/h4-14,17,27,33H,15-16H2,1-3H3,(H,31,32). The van der Waals surface area contributed by atoms with Gasteiger partial charge in [-0.3, -0.25) is 0 Å². The first-order valence-electron chi connectivity index (χ1n) is 11.8. The number of halogens is 1. The largest absolute Gasteiger partial charge is 0.466 e. The lowest BCUT2D eigenvalue weighted by atomic mass is 9.80. The fourth-order valence-corrected chi connectivity index (χ4v) is 4.80. The van der Waals surface area contributed by atoms with Crippen LogP contribution in [0, 0.1) is 0 Å². The number of imidazole rings is 1. The first-order chi connectivity index (χ1) is 17.9. The van der Waals surface area contributed by atoms with E-state index in [2.05, 4.69) is 31.2 Å². The molecule has 1 atom stereocenters. The fraction of sp³-hybridized carbons (Fsp3) is 0.207. The summed E-state index contributed by atoms with van der Waals surface area (Å²) in [6.45, 7) is 3.69. The molecule has 3 aromatic rings. The van der Waals surface area contributed by atoms with Crippen molar-refractivity contribution in [2.45, 2.75) is 26.2 Å². The molecule has 0 radical (unpaired) electrons. The van der Waals surface area contributed by atoms with Gasteiger partial charge in [-0.25, -0.2) is 14.6 Å². The van der Waals surface area contributed by atoms with E-state index in [1.807, 2.05) is 60.8 Å². The summed E-state index contributed by atoms with van der Waals surface area (Å²) in [4.78, 5) is 33.4. The lowest BCUT2D eigenvalue weighted by molar-refractivity contribution is -0.138. The molecule has 1 unspecified atom stereocenters. The number of nitrogens with zero attached hydrogens (tertiary/aromatic N) is 1. The number of hydrogen-bond donors (Lipinski definition) is 2. The molecule has 1 aromatic heterocycles. The molecule has 7 nitrogen and oxygen atoms in total. The van der Waals surface area contributed by atoms with E-state index < -0.39 is 17.9 Å². The predicted octanol–water partition coefficient (Wildman–Crippen LogP) is 5.43. The van der Waals surface area contributed by atoms with Crippen LogP contribution in [0.15, 0.2) is 94.0 Å². The second kappa shape index (κ2) is 11.9. The van der Waals surface area contributed by atoms with Gasteiger partial charge in [-0.15, -0.1) is 0 Å². The summed E-state index contributed by atoms with van der Waals surface area (Å²) >= 11 is 3.49. The number of H-pyrrole nitrogens is 1. The van der Waals surface area contributed by atoms with E-state index in [1.165, 1.54) is 7.11 Å². The molecule has 0 aliphatic carbocycles. The summed E-state index contributed by atoms with van der Waals surface area (Å²) in [5.41, 5.74) is 4.95. The summed E-state index contributed by atoms with van der Waals surface area (Å²) in [5, 5.41) is 3.15. The average Bonchev–Trinajstić information content (AvgIpc) is 3.39. The van der Waals surface area contributed by atoms with Gasteiger partial charge in [0.2, 0.25) is 0 Å². The molecular formula is C29H28BrN3O4. The minimum absolute atomic E-state index is 0.0885. The van der Waals surface area contributed by atoms with Gasteiger partial charge >= 0.3 is 11.9 Å². The summed E-state index contributed by atoms with van der Waals surface area (Å²) < 4.78 is 11.5. The molecule has 0 spiro atoms. The van der Waals surface area contributed by atoms with Crippen LogP contribution in [-0.4, -0.2) is 35.6 Å². The molecule has 2 aromatic carbocycles. The van der Waals surface area contributed by atoms with Gasteiger partial charge in [-0.05, 0) is 48.7 Å². The fourth-order valence-electron chi connectivity index (χ4n) is 4.38. The van der Waals surface area contributed by atoms with E-state index in [0.717, 1.165) is 33.4 Å². The number of carbonyl (C=O) groups is 2. The Kier molecular flexibility index (Phi) is 8.40. The summed E-state index contributed by atoms with van der Waals surface area (Å²) in [6.07, 6.45) is 7.98. The Labute approximate surface area is 224 Å². The van der Waals surface area contributed by atoms with Crippen molar-refractivity contribution in [1.82, 2.24) is 15.3 Å². The Balaban J connectivity index is 1.47. The van der Waals surface area contributed by atoms with Crippen molar-refractivity contribution in [2.75, 3.05) is 13.7 Å². The van der Waals surface area contributed by atoms with Crippen molar-refractivity contribution in [3.8, 4) is 0 Å². The Bertz CT molecular complexity index is 1370. The van der Waals surface area contributed by atoms with E-state index in [4.69, 9.17) is 9.47 Å². The third-order valence-electron chi connectivity index (χ3n) is 6.09. The van der Waals surface area contributed by atoms with Crippen LogP contribution >= 0.6 is 15.9 Å². The van der Waals surface area contributed by atoms with Crippen molar-refractivity contribution in [3.05, 3.63) is 117 Å². The third kappa shape index (κ3) is 6.27. The number of dihydropyridines is 1. The average molecular weight is 562 g/mol. The van der Waals surface area contributed by atoms with Gasteiger partial charge in [-0.2, -0.15) is 0 Å². The minimum Gasteiger partial charge on any atom is -0.466 e. The summed E-state index contributed by atoms with van der Waals surface area (Å²) in [5.74, 6) is -0.701. The molecule has 2 heterocycles. The zero-order chi connectivity index (χ0) is 26.4. The van der Waals surface area contributed by atoms with Crippen LogP contribution < -0.4 is 5.32 Å². The number of ether oxygens (including phenoxy) is 2. The molecule has 0 amide bonds. The molecular weight excluding hydrogens is 534 g/mol. The smallest absolute Gasteiger partial charge is 0.337 e. The van der Waals surface area contributed by atoms with Crippen LogP contribution in [0.2, 0.25) is 0 Å². The Morgan fingerprint density at radius 3 is 2.43 bits per heavy atom. The number of esters is 2. The molecule has 37 heavy (non-hydrogen) atoms. The maximum atomic E-state index is 13.3. The number of aromatic nitrogens is 2. The highest BCUT2D eigenvalue weighted by atomic mass is 79.9. The van der Waals surface area contributed by atoms with Crippen LogP contribution in [0.1, 0.15) is 42.3 Å². The predicted molar refractivity (Wildman–Crippen MR) is 145 cm³/mol. The first kappa shape index (κ1) is 26.2. The SMILES string of the molecule is COC(=O)C1=C(C)NC(C)=C(C(=O)OCC=Cc2ccc(Cc3ncc[nH]3)cc2)C1c1cccc(Br)c1. The zero-order valence-corrected chi connectivity index (χ0v) is 22.5. The minimum atomic E-state index is -0.621. The summed E-state index contributed by atoms with van der Waals surface area (Å²) in [7, 11) is 1.33. The second-order valence-corrected chi connectivity index (χ2v) is 9.55. The van der Waals surface area contributed by atoms with Gasteiger partial charge < -0.3 is 19.8 Å². The number of rotatable bonds is 8. The van der Waals surface area contributed by atoms with Crippen molar-refractivity contribution in [3.63, 3.8) is 0 Å². The quantitative estimate of drug-likeness (QED) is 0.356. The first-order valence-corrected chi connectivity index (χ1v) is 12.6. The molecule has 4 rings (SSSR count). The number of carbonyl (C=O) groups excluding carboxylic acids is 2. The van der Waals surface area contributed by atoms with Gasteiger partial charge in [0.15, 0.2) is 0 Å². The topological polar surface area (TPSA) is 93.3 Å². The molecule has 1 aliphatic rings. The van der Waals surface area contributed by atoms with Crippen LogP contribution in [-0.2, 0) is 25.5 Å². The highest BCUT2D eigenvalue weighted by Gasteiger charge is 2.37. The number of nitrogens with one attached hydrogen (secondary N) is 2. The third-order valence-corrected chi connectivity index (χ3v) is 6.59. The highest BCUT2D eigenvalue weighted by molar-refractivity contribution is 9.10. The molecule has 0 fully saturated rings. The van der Waals surface area contributed by atoms with E-state index >= 15 is 0 Å². The van der Waals surface area contributed by atoms with Crippen LogP contribution in [0.3, 0.4) is 0 Å². The second-order valence-electron chi connectivity index (χ2n) is 8.64. The van der Waals surface area contributed by atoms with E-state index in [-0.39, 0.29) is 6.61 Å². The monoisotopic (exact) mass is 561 g/mol. The lowest BCUT2D eigenvalue weighted by Crippen LogP contribution is -2.32. The number of allylic oxidation sites excluding steroid dienone is 2. The van der Waals surface area contributed by atoms with Crippen LogP contribution in [0.5, 0.6) is 0 Å². The van der Waals surface area contributed by atoms with E-state index in [0.29, 0.717) is 22.5 Å². The normalized spacial score (nSPS) is 15.6. The van der Waals surface area contributed by atoms with Gasteiger partial charge in [0, 0.05) is 34.7 Å².